The fourth-order valence-electron chi connectivity index (χ4n) is 3.87. The molecule has 2 N–H and O–H groups in total. The van der Waals surface area contributed by atoms with Crippen molar-refractivity contribution in [3.8, 4) is 6.07 Å². The molecular weight excluding hydrogens is 390 g/mol. The number of piperidine rings is 1. The van der Waals surface area contributed by atoms with Crippen molar-refractivity contribution < 1.29 is 18.4 Å². The van der Waals surface area contributed by atoms with E-state index in [1.807, 2.05) is 13.8 Å². The van der Waals surface area contributed by atoms with Crippen LogP contribution in [0.2, 0.25) is 0 Å². The molecule has 0 bridgehead atoms. The number of aromatic nitrogens is 1. The Balaban J connectivity index is 0.00000124. The number of alkyl halides is 2. The molecule has 2 aromatic rings. The molecule has 160 valence electrons. The largest absolute Gasteiger partial charge is 0.350 e. The second-order valence-electron chi connectivity index (χ2n) is 7.69. The minimum atomic E-state index is -2.77. The van der Waals surface area contributed by atoms with Crippen LogP contribution in [-0.4, -0.2) is 41.3 Å². The molecular formula is C22H26F2N4O2. The number of amides is 2. The minimum absolute atomic E-state index is 0.104. The molecule has 8 heteroatoms. The van der Waals surface area contributed by atoms with Crippen molar-refractivity contribution in [1.82, 2.24) is 15.2 Å². The number of H-pyrrole nitrogens is 1. The Kier molecular flexibility index (Phi) is 6.40. The minimum Gasteiger partial charge on any atom is -0.350 e. The predicted molar refractivity (Wildman–Crippen MR) is 109 cm³/mol. The van der Waals surface area contributed by atoms with Gasteiger partial charge in [-0.3, -0.25) is 9.59 Å². The summed E-state index contributed by atoms with van der Waals surface area (Å²) in [5, 5.41) is 12.0. The SMILES string of the molecule is CC.N#Cc1cc2[nH]c(C(=O)NCC(=O)N3CCC4(CC3)CC4)cc2cc1C(F)F. The quantitative estimate of drug-likeness (QED) is 0.785. The molecule has 4 rings (SSSR count). The first-order valence-corrected chi connectivity index (χ1v) is 10.3. The van der Waals surface area contributed by atoms with Gasteiger partial charge in [0.05, 0.1) is 18.2 Å². The maximum atomic E-state index is 13.1. The molecule has 30 heavy (non-hydrogen) atoms. The molecule has 2 aliphatic rings. The Bertz CT molecular complexity index is 979. The smallest absolute Gasteiger partial charge is 0.268 e. The maximum absolute atomic E-state index is 13.1. The van der Waals surface area contributed by atoms with E-state index in [2.05, 4.69) is 10.3 Å². The Morgan fingerprint density at radius 3 is 2.43 bits per heavy atom. The number of nitriles is 1. The summed E-state index contributed by atoms with van der Waals surface area (Å²) in [7, 11) is 0. The summed E-state index contributed by atoms with van der Waals surface area (Å²) in [5.74, 6) is -0.607. The van der Waals surface area contributed by atoms with E-state index in [0.717, 1.165) is 25.9 Å². The number of benzene rings is 1. The van der Waals surface area contributed by atoms with Gasteiger partial charge in [0, 0.05) is 29.6 Å². The van der Waals surface area contributed by atoms with Crippen molar-refractivity contribution in [2.24, 2.45) is 5.41 Å². The lowest BCUT2D eigenvalue weighted by Gasteiger charge is -2.32. The van der Waals surface area contributed by atoms with E-state index >= 15 is 0 Å². The van der Waals surface area contributed by atoms with Gasteiger partial charge in [0.25, 0.3) is 12.3 Å². The summed E-state index contributed by atoms with van der Waals surface area (Å²) in [6, 6.07) is 5.70. The van der Waals surface area contributed by atoms with Gasteiger partial charge in [-0.15, -0.1) is 0 Å². The molecule has 1 spiro atoms. The van der Waals surface area contributed by atoms with Crippen LogP contribution in [0, 0.1) is 16.7 Å². The number of nitrogens with one attached hydrogen (secondary N) is 2. The second kappa shape index (κ2) is 8.82. The van der Waals surface area contributed by atoms with Crippen molar-refractivity contribution >= 4 is 22.7 Å². The van der Waals surface area contributed by atoms with E-state index in [1.54, 1.807) is 11.0 Å². The molecule has 1 saturated heterocycles. The molecule has 1 aromatic heterocycles. The Morgan fingerprint density at radius 1 is 1.20 bits per heavy atom. The van der Waals surface area contributed by atoms with Gasteiger partial charge < -0.3 is 15.2 Å². The molecule has 6 nitrogen and oxygen atoms in total. The molecule has 2 heterocycles. The monoisotopic (exact) mass is 416 g/mol. The topological polar surface area (TPSA) is 89.0 Å². The fraction of sp³-hybridized carbons (Fsp3) is 0.500. The standard InChI is InChI=1S/C20H20F2N4O2.C2H6/c21-18(22)14-7-12-8-16(25-15(12)9-13(14)10-23)19(28)24-11-17(27)26-5-3-20(1-2-20)4-6-26;1-2/h7-9,18,25H,1-6,11H2,(H,24,28);1-2H3. The molecule has 2 amide bonds. The van der Waals surface area contributed by atoms with Crippen LogP contribution < -0.4 is 5.32 Å². The number of fused-ring (bicyclic) bond motifs is 1. The van der Waals surface area contributed by atoms with Gasteiger partial charge in [-0.1, -0.05) is 13.8 Å². The van der Waals surface area contributed by atoms with Crippen LogP contribution in [0.15, 0.2) is 18.2 Å². The van der Waals surface area contributed by atoms with Gasteiger partial charge in [0.15, 0.2) is 0 Å². The van der Waals surface area contributed by atoms with Crippen LogP contribution in [0.1, 0.15) is 67.6 Å². The van der Waals surface area contributed by atoms with Gasteiger partial charge in [0.1, 0.15) is 5.69 Å². The van der Waals surface area contributed by atoms with E-state index in [0.29, 0.717) is 16.3 Å². The number of aromatic amines is 1. The zero-order chi connectivity index (χ0) is 21.9. The molecule has 1 aliphatic heterocycles. The molecule has 0 radical (unpaired) electrons. The van der Waals surface area contributed by atoms with Gasteiger partial charge in [0.2, 0.25) is 5.91 Å². The highest BCUT2D eigenvalue weighted by atomic mass is 19.3. The highest BCUT2D eigenvalue weighted by Crippen LogP contribution is 2.53. The van der Waals surface area contributed by atoms with Gasteiger partial charge >= 0.3 is 0 Å². The fourth-order valence-corrected chi connectivity index (χ4v) is 3.87. The molecule has 0 atom stereocenters. The summed E-state index contributed by atoms with van der Waals surface area (Å²) >= 11 is 0. The van der Waals surface area contributed by atoms with E-state index < -0.39 is 12.3 Å². The summed E-state index contributed by atoms with van der Waals surface area (Å²) in [5.41, 5.74) is 0.556. The van der Waals surface area contributed by atoms with Crippen LogP contribution in [0.4, 0.5) is 8.78 Å². The highest BCUT2D eigenvalue weighted by Gasteiger charge is 2.45. The zero-order valence-electron chi connectivity index (χ0n) is 17.2. The number of likely N-dealkylation sites (tertiary alicyclic amines) is 1. The second-order valence-corrected chi connectivity index (χ2v) is 7.69. The predicted octanol–water partition coefficient (Wildman–Crippen LogP) is 4.14. The third-order valence-corrected chi connectivity index (χ3v) is 5.93. The van der Waals surface area contributed by atoms with Crippen molar-refractivity contribution in [2.75, 3.05) is 19.6 Å². The first-order chi connectivity index (χ1) is 14.4. The zero-order valence-corrected chi connectivity index (χ0v) is 17.2. The Morgan fingerprint density at radius 2 is 1.87 bits per heavy atom. The summed E-state index contributed by atoms with van der Waals surface area (Å²) in [6.45, 7) is 5.36. The van der Waals surface area contributed by atoms with Crippen LogP contribution >= 0.6 is 0 Å². The lowest BCUT2D eigenvalue weighted by molar-refractivity contribution is -0.131. The van der Waals surface area contributed by atoms with E-state index in [9.17, 15) is 18.4 Å². The number of nitrogens with zero attached hydrogens (tertiary/aromatic N) is 2. The van der Waals surface area contributed by atoms with Crippen LogP contribution in [-0.2, 0) is 4.79 Å². The number of carbonyl (C=O) groups is 2. The number of hydrogen-bond acceptors (Lipinski definition) is 3. The number of hydrogen-bond donors (Lipinski definition) is 2. The lowest BCUT2D eigenvalue weighted by Crippen LogP contribution is -2.44. The van der Waals surface area contributed by atoms with E-state index in [-0.39, 0.29) is 29.3 Å². The normalized spacial score (nSPS) is 16.7. The first-order valence-electron chi connectivity index (χ1n) is 10.3. The lowest BCUT2D eigenvalue weighted by atomic mass is 9.94. The molecule has 1 aromatic carbocycles. The van der Waals surface area contributed by atoms with Crippen LogP contribution in [0.3, 0.4) is 0 Å². The Labute approximate surface area is 174 Å². The summed E-state index contributed by atoms with van der Waals surface area (Å²) < 4.78 is 26.1. The maximum Gasteiger partial charge on any atom is 0.268 e. The molecule has 2 fully saturated rings. The number of carbonyl (C=O) groups excluding carboxylic acids is 2. The molecule has 1 saturated carbocycles. The van der Waals surface area contributed by atoms with E-state index in [1.165, 1.54) is 31.0 Å². The Hall–Kier alpha value is -2.95. The van der Waals surface area contributed by atoms with Crippen molar-refractivity contribution in [3.05, 3.63) is 35.0 Å². The van der Waals surface area contributed by atoms with Crippen molar-refractivity contribution in [2.45, 2.75) is 46.0 Å². The van der Waals surface area contributed by atoms with Gasteiger partial charge in [-0.25, -0.2) is 8.78 Å². The summed E-state index contributed by atoms with van der Waals surface area (Å²) in [4.78, 5) is 29.3. The average Bonchev–Trinajstić information content (AvgIpc) is 3.37. The van der Waals surface area contributed by atoms with E-state index in [4.69, 9.17) is 5.26 Å². The third-order valence-electron chi connectivity index (χ3n) is 5.93. The van der Waals surface area contributed by atoms with Crippen LogP contribution in [0.5, 0.6) is 0 Å². The third kappa shape index (κ3) is 4.45. The summed E-state index contributed by atoms with van der Waals surface area (Å²) in [6.07, 6.45) is 1.80. The molecule has 0 unspecified atom stereocenters. The van der Waals surface area contributed by atoms with Crippen molar-refractivity contribution in [1.29, 1.82) is 5.26 Å². The van der Waals surface area contributed by atoms with Gasteiger partial charge in [-0.05, 0) is 49.3 Å². The highest BCUT2D eigenvalue weighted by molar-refractivity contribution is 5.99. The van der Waals surface area contributed by atoms with Gasteiger partial charge in [-0.2, -0.15) is 5.26 Å². The van der Waals surface area contributed by atoms with Crippen LogP contribution in [0.25, 0.3) is 10.9 Å². The van der Waals surface area contributed by atoms with Crippen molar-refractivity contribution in [3.63, 3.8) is 0 Å². The molecule has 1 aliphatic carbocycles. The number of rotatable bonds is 4. The first kappa shape index (κ1) is 21.8. The average molecular weight is 416 g/mol. The number of halogens is 2.